The van der Waals surface area contributed by atoms with Gasteiger partial charge in [0.15, 0.2) is 6.10 Å². The van der Waals surface area contributed by atoms with E-state index in [2.05, 4.69) is 0 Å². The SMILES string of the molecule is Cc1ccc(C(=O)O[C@@H](C)C(=O)Nc2ccc([N+](=O)[O-])cc2C(F)(F)F)cc1. The van der Waals surface area contributed by atoms with Crippen LogP contribution in [0.25, 0.3) is 0 Å². The Kier molecular flexibility index (Phi) is 6.02. The Bertz CT molecular complexity index is 910. The molecule has 0 heterocycles. The minimum atomic E-state index is -4.93. The molecule has 7 nitrogen and oxygen atoms in total. The number of benzene rings is 2. The maximum atomic E-state index is 13.1. The van der Waals surface area contributed by atoms with Crippen LogP contribution in [0.1, 0.15) is 28.4 Å². The van der Waals surface area contributed by atoms with Gasteiger partial charge in [0.05, 0.1) is 21.7 Å². The summed E-state index contributed by atoms with van der Waals surface area (Å²) in [6.45, 7) is 3.01. The number of hydrogen-bond acceptors (Lipinski definition) is 5. The lowest BCUT2D eigenvalue weighted by molar-refractivity contribution is -0.385. The zero-order chi connectivity index (χ0) is 21.1. The second kappa shape index (κ2) is 8.07. The number of esters is 1. The third-order valence-electron chi connectivity index (χ3n) is 3.72. The molecule has 0 aromatic heterocycles. The van der Waals surface area contributed by atoms with Crippen molar-refractivity contribution in [3.8, 4) is 0 Å². The van der Waals surface area contributed by atoms with Gasteiger partial charge in [-0.25, -0.2) is 4.79 Å². The number of nitrogens with one attached hydrogen (secondary N) is 1. The Labute approximate surface area is 157 Å². The number of aryl methyl sites for hydroxylation is 1. The van der Waals surface area contributed by atoms with Crippen LogP contribution in [0.3, 0.4) is 0 Å². The molecule has 0 saturated heterocycles. The molecule has 0 bridgehead atoms. The quantitative estimate of drug-likeness (QED) is 0.466. The zero-order valence-electron chi connectivity index (χ0n) is 14.7. The number of amides is 1. The van der Waals surface area contributed by atoms with Crippen LogP contribution in [0, 0.1) is 17.0 Å². The van der Waals surface area contributed by atoms with Crippen molar-refractivity contribution in [2.45, 2.75) is 26.1 Å². The van der Waals surface area contributed by atoms with Crippen molar-refractivity contribution >= 4 is 23.3 Å². The molecule has 1 atom stereocenters. The number of ether oxygens (including phenoxy) is 1. The van der Waals surface area contributed by atoms with Crippen LogP contribution in [0.5, 0.6) is 0 Å². The minimum Gasteiger partial charge on any atom is -0.449 e. The van der Waals surface area contributed by atoms with Crippen LogP contribution in [0.15, 0.2) is 42.5 Å². The third kappa shape index (κ3) is 5.06. The van der Waals surface area contributed by atoms with Gasteiger partial charge in [-0.05, 0) is 32.0 Å². The summed E-state index contributed by atoms with van der Waals surface area (Å²) in [4.78, 5) is 33.9. The standard InChI is InChI=1S/C18H15F3N2O5/c1-10-3-5-12(6-4-10)17(25)28-11(2)16(24)22-15-8-7-13(23(26)27)9-14(15)18(19,20)21/h3-9,11H,1-2H3,(H,22,24)/t11-/m0/s1. The van der Waals surface area contributed by atoms with Crippen molar-refractivity contribution in [2.75, 3.05) is 5.32 Å². The van der Waals surface area contributed by atoms with Gasteiger partial charge in [-0.15, -0.1) is 0 Å². The van der Waals surface area contributed by atoms with E-state index in [0.29, 0.717) is 6.07 Å². The summed E-state index contributed by atoms with van der Waals surface area (Å²) in [5.41, 5.74) is -1.76. The number of alkyl halides is 3. The van der Waals surface area contributed by atoms with Gasteiger partial charge in [0, 0.05) is 12.1 Å². The number of carbonyl (C=O) groups is 2. The second-order valence-corrected chi connectivity index (χ2v) is 5.89. The third-order valence-corrected chi connectivity index (χ3v) is 3.72. The Hall–Kier alpha value is -3.43. The topological polar surface area (TPSA) is 98.5 Å². The highest BCUT2D eigenvalue weighted by molar-refractivity contribution is 5.98. The summed E-state index contributed by atoms with van der Waals surface area (Å²) in [5, 5.41) is 12.7. The predicted molar refractivity (Wildman–Crippen MR) is 92.8 cm³/mol. The van der Waals surface area contributed by atoms with Crippen LogP contribution in [-0.2, 0) is 15.7 Å². The van der Waals surface area contributed by atoms with Crippen molar-refractivity contribution in [1.29, 1.82) is 0 Å². The number of halogens is 3. The predicted octanol–water partition coefficient (Wildman–Crippen LogP) is 4.11. The number of nitrogens with zero attached hydrogens (tertiary/aromatic N) is 1. The van der Waals surface area contributed by atoms with E-state index in [9.17, 15) is 32.9 Å². The van der Waals surface area contributed by atoms with Crippen molar-refractivity contribution < 1.29 is 32.4 Å². The Morgan fingerprint density at radius 3 is 2.29 bits per heavy atom. The van der Waals surface area contributed by atoms with Crippen LogP contribution in [-0.4, -0.2) is 22.9 Å². The summed E-state index contributed by atoms with van der Waals surface area (Å²) >= 11 is 0. The Balaban J connectivity index is 2.16. The van der Waals surface area contributed by atoms with E-state index in [4.69, 9.17) is 4.74 Å². The average molecular weight is 396 g/mol. The number of nitro groups is 1. The smallest absolute Gasteiger partial charge is 0.418 e. The molecule has 148 valence electrons. The highest BCUT2D eigenvalue weighted by Gasteiger charge is 2.36. The van der Waals surface area contributed by atoms with Crippen LogP contribution in [0.2, 0.25) is 0 Å². The highest BCUT2D eigenvalue weighted by atomic mass is 19.4. The highest BCUT2D eigenvalue weighted by Crippen LogP contribution is 2.37. The molecule has 0 aliphatic heterocycles. The molecule has 0 spiro atoms. The Morgan fingerprint density at radius 2 is 1.75 bits per heavy atom. The molecular formula is C18H15F3N2O5. The van der Waals surface area contributed by atoms with Gasteiger partial charge in [-0.3, -0.25) is 14.9 Å². The molecule has 0 unspecified atom stereocenters. The molecule has 0 fully saturated rings. The monoisotopic (exact) mass is 396 g/mol. The first-order chi connectivity index (χ1) is 13.0. The number of anilines is 1. The molecule has 2 aromatic carbocycles. The van der Waals surface area contributed by atoms with Gasteiger partial charge in [-0.1, -0.05) is 17.7 Å². The van der Waals surface area contributed by atoms with Gasteiger partial charge < -0.3 is 10.1 Å². The average Bonchev–Trinajstić information content (AvgIpc) is 2.61. The van der Waals surface area contributed by atoms with Crippen molar-refractivity contribution in [2.24, 2.45) is 0 Å². The normalized spacial score (nSPS) is 12.2. The van der Waals surface area contributed by atoms with Crippen molar-refractivity contribution in [3.05, 3.63) is 69.3 Å². The summed E-state index contributed by atoms with van der Waals surface area (Å²) in [5.74, 6) is -1.83. The molecule has 1 amide bonds. The maximum Gasteiger partial charge on any atom is 0.418 e. The number of carbonyl (C=O) groups excluding carboxylic acids is 2. The fourth-order valence-electron chi connectivity index (χ4n) is 2.20. The molecule has 0 radical (unpaired) electrons. The molecule has 10 heteroatoms. The number of hydrogen-bond donors (Lipinski definition) is 1. The molecule has 2 aromatic rings. The van der Waals surface area contributed by atoms with Gasteiger partial charge in [0.25, 0.3) is 11.6 Å². The molecule has 28 heavy (non-hydrogen) atoms. The van der Waals surface area contributed by atoms with Crippen molar-refractivity contribution in [1.82, 2.24) is 0 Å². The first-order valence-electron chi connectivity index (χ1n) is 7.93. The van der Waals surface area contributed by atoms with E-state index in [-0.39, 0.29) is 5.56 Å². The van der Waals surface area contributed by atoms with Gasteiger partial charge >= 0.3 is 12.1 Å². The van der Waals surface area contributed by atoms with Crippen LogP contribution < -0.4 is 5.32 Å². The second-order valence-electron chi connectivity index (χ2n) is 5.89. The number of rotatable bonds is 5. The first-order valence-corrected chi connectivity index (χ1v) is 7.93. The fraction of sp³-hybridized carbons (Fsp3) is 0.222. The van der Waals surface area contributed by atoms with Gasteiger partial charge in [0.1, 0.15) is 0 Å². The van der Waals surface area contributed by atoms with Gasteiger partial charge in [-0.2, -0.15) is 13.2 Å². The molecule has 0 aliphatic carbocycles. The molecular weight excluding hydrogens is 381 g/mol. The summed E-state index contributed by atoms with van der Waals surface area (Å²) in [7, 11) is 0. The first kappa shape index (κ1) is 20.9. The number of nitro benzene ring substituents is 1. The number of non-ortho nitro benzene ring substituents is 1. The van der Waals surface area contributed by atoms with E-state index in [1.807, 2.05) is 12.2 Å². The van der Waals surface area contributed by atoms with E-state index in [1.54, 1.807) is 12.1 Å². The summed E-state index contributed by atoms with van der Waals surface area (Å²) in [6, 6.07) is 8.21. The van der Waals surface area contributed by atoms with E-state index in [1.165, 1.54) is 19.1 Å². The van der Waals surface area contributed by atoms with E-state index < -0.39 is 46.0 Å². The van der Waals surface area contributed by atoms with Gasteiger partial charge in [0.2, 0.25) is 0 Å². The van der Waals surface area contributed by atoms with E-state index >= 15 is 0 Å². The fourth-order valence-corrected chi connectivity index (χ4v) is 2.20. The van der Waals surface area contributed by atoms with Crippen LogP contribution in [0.4, 0.5) is 24.5 Å². The molecule has 2 rings (SSSR count). The maximum absolute atomic E-state index is 13.1. The molecule has 1 N–H and O–H groups in total. The van der Waals surface area contributed by atoms with E-state index in [0.717, 1.165) is 17.7 Å². The summed E-state index contributed by atoms with van der Waals surface area (Å²) < 4.78 is 44.4. The lowest BCUT2D eigenvalue weighted by atomic mass is 10.1. The largest absolute Gasteiger partial charge is 0.449 e. The van der Waals surface area contributed by atoms with Crippen LogP contribution >= 0.6 is 0 Å². The van der Waals surface area contributed by atoms with Crippen molar-refractivity contribution in [3.63, 3.8) is 0 Å². The lowest BCUT2D eigenvalue weighted by Crippen LogP contribution is -2.30. The molecule has 0 aliphatic rings. The Morgan fingerprint density at radius 1 is 1.14 bits per heavy atom. The molecule has 0 saturated carbocycles. The summed E-state index contributed by atoms with van der Waals surface area (Å²) in [6.07, 6.45) is -6.33. The lowest BCUT2D eigenvalue weighted by Gasteiger charge is -2.17. The zero-order valence-corrected chi connectivity index (χ0v) is 14.7. The minimum absolute atomic E-state index is 0.177.